The van der Waals surface area contributed by atoms with Gasteiger partial charge in [0.05, 0.1) is 6.54 Å². The van der Waals surface area contributed by atoms with Crippen LogP contribution < -0.4 is 21.6 Å². The average Bonchev–Trinajstić information content (AvgIpc) is 2.57. The van der Waals surface area contributed by atoms with Crippen molar-refractivity contribution in [3.8, 4) is 0 Å². The number of aryl methyl sites for hydroxylation is 1. The number of unbranched alkanes of at least 4 members (excludes halogenated alkanes) is 2. The van der Waals surface area contributed by atoms with E-state index < -0.39 is 5.91 Å². The van der Waals surface area contributed by atoms with Crippen LogP contribution in [0.4, 0.5) is 5.82 Å². The number of primary amides is 1. The Hall–Kier alpha value is -2.96. The number of hydrogen-bond acceptors (Lipinski definition) is 4. The van der Waals surface area contributed by atoms with E-state index in [9.17, 15) is 9.59 Å². The molecule has 0 radical (unpaired) electrons. The Morgan fingerprint density at radius 2 is 2.12 bits per heavy atom. The Kier molecular flexibility index (Phi) is 4.16. The van der Waals surface area contributed by atoms with E-state index in [4.69, 9.17) is 11.5 Å². The minimum atomic E-state index is -0.656. The zero-order valence-electron chi connectivity index (χ0n) is 13.5. The quantitative estimate of drug-likeness (QED) is 0.414. The lowest BCUT2D eigenvalue weighted by Crippen LogP contribution is -2.42. The van der Waals surface area contributed by atoms with E-state index in [2.05, 4.69) is 11.9 Å². The molecule has 7 heteroatoms. The molecule has 124 valence electrons. The maximum absolute atomic E-state index is 12.8. The van der Waals surface area contributed by atoms with Crippen LogP contribution in [-0.4, -0.2) is 15.3 Å². The lowest BCUT2D eigenvalue weighted by molar-refractivity contribution is -0.659. The van der Waals surface area contributed by atoms with Crippen molar-refractivity contribution in [3.05, 3.63) is 46.4 Å². The van der Waals surface area contributed by atoms with E-state index in [1.54, 1.807) is 22.9 Å². The van der Waals surface area contributed by atoms with Crippen molar-refractivity contribution in [1.82, 2.24) is 9.38 Å². The molecule has 0 aliphatic heterocycles. The Bertz CT molecular complexity index is 994. The highest BCUT2D eigenvalue weighted by molar-refractivity contribution is 5.99. The fraction of sp³-hybridized carbons (Fsp3) is 0.294. The number of amides is 1. The highest BCUT2D eigenvalue weighted by atomic mass is 16.1. The van der Waals surface area contributed by atoms with Gasteiger partial charge in [-0.1, -0.05) is 30.8 Å². The van der Waals surface area contributed by atoms with Crippen molar-refractivity contribution in [2.45, 2.75) is 32.7 Å². The van der Waals surface area contributed by atoms with Gasteiger partial charge in [-0.3, -0.25) is 14.0 Å². The molecule has 1 amide bonds. The minimum Gasteiger partial charge on any atom is -0.365 e. The van der Waals surface area contributed by atoms with E-state index >= 15 is 0 Å². The molecule has 3 rings (SSSR count). The van der Waals surface area contributed by atoms with Gasteiger partial charge in [0.25, 0.3) is 17.1 Å². The van der Waals surface area contributed by atoms with Gasteiger partial charge in [-0.25, -0.2) is 4.57 Å². The summed E-state index contributed by atoms with van der Waals surface area (Å²) in [5, 5.41) is 0.332. The number of hydrogen-bond donors (Lipinski definition) is 2. The molecule has 0 aliphatic carbocycles. The van der Waals surface area contributed by atoms with Gasteiger partial charge < -0.3 is 11.5 Å². The molecule has 0 unspecified atom stereocenters. The van der Waals surface area contributed by atoms with Crippen LogP contribution in [0.25, 0.3) is 16.7 Å². The second kappa shape index (κ2) is 6.27. The Morgan fingerprint density at radius 1 is 1.33 bits per heavy atom. The van der Waals surface area contributed by atoms with E-state index in [-0.39, 0.29) is 16.9 Å². The first-order chi connectivity index (χ1) is 11.5. The van der Waals surface area contributed by atoms with Gasteiger partial charge >= 0.3 is 0 Å². The van der Waals surface area contributed by atoms with Crippen LogP contribution in [0.5, 0.6) is 0 Å². The smallest absolute Gasteiger partial charge is 0.278 e. The normalized spacial score (nSPS) is 11.2. The molecule has 0 saturated carbocycles. The molecular formula is C17H20N5O2+. The third-order valence-electron chi connectivity index (χ3n) is 4.11. The molecule has 0 bridgehead atoms. The van der Waals surface area contributed by atoms with E-state index in [1.165, 1.54) is 10.5 Å². The molecule has 3 heterocycles. The average molecular weight is 326 g/mol. The van der Waals surface area contributed by atoms with Crippen LogP contribution in [0.1, 0.15) is 36.5 Å². The third-order valence-corrected chi connectivity index (χ3v) is 4.11. The molecule has 3 aromatic heterocycles. The first-order valence-corrected chi connectivity index (χ1v) is 7.97. The maximum atomic E-state index is 12.8. The van der Waals surface area contributed by atoms with Crippen molar-refractivity contribution >= 4 is 28.4 Å². The molecule has 0 fully saturated rings. The molecule has 0 aromatic carbocycles. The molecule has 4 N–H and O–H groups in total. The Labute approximate surface area is 138 Å². The summed E-state index contributed by atoms with van der Waals surface area (Å²) in [6.07, 6.45) is 4.58. The molecule has 0 saturated heterocycles. The van der Waals surface area contributed by atoms with Crippen LogP contribution in [0.15, 0.2) is 35.3 Å². The predicted octanol–water partition coefficient (Wildman–Crippen LogP) is 1.01. The number of pyridine rings is 2. The second-order valence-electron chi connectivity index (χ2n) is 5.75. The van der Waals surface area contributed by atoms with Gasteiger partial charge in [0.2, 0.25) is 11.5 Å². The highest BCUT2D eigenvalue weighted by Crippen LogP contribution is 2.14. The van der Waals surface area contributed by atoms with E-state index in [0.717, 1.165) is 19.3 Å². The number of fused-ring (bicyclic) bond motifs is 2. The number of carbonyl (C=O) groups excluding carboxylic acids is 1. The van der Waals surface area contributed by atoms with Gasteiger partial charge in [-0.2, -0.15) is 0 Å². The predicted molar refractivity (Wildman–Crippen MR) is 91.6 cm³/mol. The second-order valence-corrected chi connectivity index (χ2v) is 5.75. The summed E-state index contributed by atoms with van der Waals surface area (Å²) >= 11 is 0. The van der Waals surface area contributed by atoms with E-state index in [1.807, 2.05) is 6.07 Å². The topological polar surface area (TPSA) is 107 Å². The van der Waals surface area contributed by atoms with Crippen molar-refractivity contribution in [1.29, 1.82) is 0 Å². The number of nitrogens with two attached hydrogens (primary N) is 2. The fourth-order valence-electron chi connectivity index (χ4n) is 2.84. The fourth-order valence-corrected chi connectivity index (χ4v) is 2.84. The summed E-state index contributed by atoms with van der Waals surface area (Å²) in [6, 6.07) is 6.77. The first-order valence-electron chi connectivity index (χ1n) is 7.97. The van der Waals surface area contributed by atoms with Crippen molar-refractivity contribution < 1.29 is 9.36 Å². The van der Waals surface area contributed by atoms with Gasteiger partial charge in [-0.15, -0.1) is 0 Å². The lowest BCUT2D eigenvalue weighted by Gasteiger charge is -2.10. The highest BCUT2D eigenvalue weighted by Gasteiger charge is 2.22. The first kappa shape index (κ1) is 15.9. The molecule has 0 atom stereocenters. The zero-order valence-corrected chi connectivity index (χ0v) is 13.5. The van der Waals surface area contributed by atoms with Gasteiger partial charge in [-0.05, 0) is 24.6 Å². The Morgan fingerprint density at radius 3 is 2.83 bits per heavy atom. The minimum absolute atomic E-state index is 0.147. The summed E-state index contributed by atoms with van der Waals surface area (Å²) in [5.41, 5.74) is 12.5. The Balaban J connectivity index is 2.37. The summed E-state index contributed by atoms with van der Waals surface area (Å²) < 4.78 is 3.17. The van der Waals surface area contributed by atoms with Crippen LogP contribution in [0, 0.1) is 0 Å². The lowest BCUT2D eigenvalue weighted by atomic mass is 10.1. The van der Waals surface area contributed by atoms with E-state index in [0.29, 0.717) is 23.2 Å². The molecular weight excluding hydrogens is 306 g/mol. The number of aromatic nitrogens is 3. The number of carbonyl (C=O) groups is 1. The van der Waals surface area contributed by atoms with Crippen molar-refractivity contribution in [3.63, 3.8) is 0 Å². The monoisotopic (exact) mass is 326 g/mol. The van der Waals surface area contributed by atoms with Gasteiger partial charge in [0.15, 0.2) is 0 Å². The summed E-state index contributed by atoms with van der Waals surface area (Å²) in [6.45, 7) is 2.68. The molecule has 0 aliphatic rings. The molecule has 24 heavy (non-hydrogen) atoms. The standard InChI is InChI=1S/C17H19N5O2/c1-2-3-5-9-22-14(18)11(15(19)23)10-12-16(22)20-13-7-4-6-8-21(13)17(12)24/h4,6-8,10,18H,2-3,5,9H2,1H3,(H2,19,23)/p+1. The van der Waals surface area contributed by atoms with Crippen molar-refractivity contribution in [2.75, 3.05) is 5.73 Å². The SMILES string of the molecule is CCCCC[n+]1c(N)c(C(N)=O)cc2c(=O)n3ccccc3nc21. The number of anilines is 1. The molecule has 3 aromatic rings. The largest absolute Gasteiger partial charge is 0.365 e. The van der Waals surface area contributed by atoms with Crippen LogP contribution in [-0.2, 0) is 6.54 Å². The van der Waals surface area contributed by atoms with Gasteiger partial charge in [0.1, 0.15) is 10.9 Å². The van der Waals surface area contributed by atoms with Crippen molar-refractivity contribution in [2.24, 2.45) is 5.73 Å². The van der Waals surface area contributed by atoms with Crippen LogP contribution in [0.2, 0.25) is 0 Å². The maximum Gasteiger partial charge on any atom is 0.278 e. The third kappa shape index (κ3) is 2.58. The number of nitrogen functional groups attached to an aromatic ring is 1. The number of rotatable bonds is 5. The zero-order chi connectivity index (χ0) is 17.3. The number of nitrogens with zero attached hydrogens (tertiary/aromatic N) is 3. The molecule has 7 nitrogen and oxygen atoms in total. The van der Waals surface area contributed by atoms with Crippen LogP contribution >= 0.6 is 0 Å². The van der Waals surface area contributed by atoms with Crippen LogP contribution in [0.3, 0.4) is 0 Å². The summed E-state index contributed by atoms with van der Waals surface area (Å²) in [7, 11) is 0. The van der Waals surface area contributed by atoms with Gasteiger partial charge in [0, 0.05) is 6.20 Å². The summed E-state index contributed by atoms with van der Waals surface area (Å²) in [5.74, 6) is -0.408. The summed E-state index contributed by atoms with van der Waals surface area (Å²) in [4.78, 5) is 29.1. The molecule has 0 spiro atoms.